The zero-order chi connectivity index (χ0) is 47.9. The van der Waals surface area contributed by atoms with Crippen molar-refractivity contribution in [2.24, 2.45) is 63.5 Å². The van der Waals surface area contributed by atoms with Crippen molar-refractivity contribution in [1.29, 1.82) is 0 Å². The topological polar surface area (TPSA) is 225 Å². The molecule has 1 heterocycles. The normalized spacial score (nSPS) is 29.5. The van der Waals surface area contributed by atoms with Crippen LogP contribution in [0.3, 0.4) is 0 Å². The minimum Gasteiger partial charge on any atom is -0.462 e. The molecule has 0 bridgehead atoms. The second kappa shape index (κ2) is 25.8. The van der Waals surface area contributed by atoms with Gasteiger partial charge in [0.05, 0.1) is 32.0 Å². The van der Waals surface area contributed by atoms with Crippen molar-refractivity contribution >= 4 is 29.6 Å². The zero-order valence-corrected chi connectivity index (χ0v) is 41.4. The van der Waals surface area contributed by atoms with Gasteiger partial charge >= 0.3 is 17.9 Å². The molecule has 15 heteroatoms. The maximum absolute atomic E-state index is 14.3. The van der Waals surface area contributed by atoms with Crippen LogP contribution in [-0.2, 0) is 51.3 Å². The van der Waals surface area contributed by atoms with Gasteiger partial charge in [0.15, 0.2) is 0 Å². The van der Waals surface area contributed by atoms with Gasteiger partial charge in [-0.05, 0) is 113 Å². The Morgan fingerprint density at radius 1 is 0.788 bits per heavy atom. The Balaban J connectivity index is 1.34. The quantitative estimate of drug-likeness (QED) is 0.0430. The molecule has 0 unspecified atom stereocenters. The first kappa shape index (κ1) is 53.5. The lowest BCUT2D eigenvalue weighted by atomic mass is 9.43. The number of aryl methyl sites for hydroxylation is 1. The standard InChI is InChI=1S/C51H87N7O8/c1-6-7-8-9-10-13-28-57(33-38-34-58(56-55-38)29-14-11-12-15-36(3)59)45(60)19-16-35(2)40-17-18-41-49-42(32-44(51(40,41)5)66-48(63)23-27-54)50(4)24-20-39(64-46(61)21-25-52)30-37(50)31-43(49)65-47(62)22-26-53/h34-35,37,39-44,49H,6-33,52-54H2,1-5H3/t35-,37+,39-,40-,41+,42+,43-,44+,49+,50+,51-/m1/s1. The van der Waals surface area contributed by atoms with E-state index in [2.05, 4.69) is 38.0 Å². The van der Waals surface area contributed by atoms with Crippen molar-refractivity contribution in [3.63, 3.8) is 0 Å². The fourth-order valence-corrected chi connectivity index (χ4v) is 13.1. The van der Waals surface area contributed by atoms with E-state index in [1.807, 2.05) is 15.8 Å². The minimum absolute atomic E-state index is 0.0550. The van der Waals surface area contributed by atoms with E-state index in [4.69, 9.17) is 31.4 Å². The summed E-state index contributed by atoms with van der Waals surface area (Å²) in [6, 6.07) is 0. The van der Waals surface area contributed by atoms with Crippen LogP contribution in [0, 0.1) is 46.3 Å². The molecule has 0 saturated heterocycles. The van der Waals surface area contributed by atoms with Crippen LogP contribution in [0.25, 0.3) is 0 Å². The molecule has 374 valence electrons. The van der Waals surface area contributed by atoms with Crippen molar-refractivity contribution < 1.29 is 38.2 Å². The van der Waals surface area contributed by atoms with Crippen LogP contribution >= 0.6 is 0 Å². The Labute approximate surface area is 395 Å². The summed E-state index contributed by atoms with van der Waals surface area (Å²) in [7, 11) is 0. The van der Waals surface area contributed by atoms with E-state index in [1.165, 1.54) is 19.3 Å². The summed E-state index contributed by atoms with van der Waals surface area (Å²) in [4.78, 5) is 67.1. The SMILES string of the molecule is CCCCCCCCN(Cc1cn(CCCCCC(C)=O)nn1)C(=O)CC[C@@H](C)[C@H]1CC[C@H]2[C@@H]3[C@H](OC(=O)CCN)C[C@@H]4C[C@H](OC(=O)CCN)CC[C@]4(C)[C@H]3C[C@H](OC(=O)CCN)[C@]12C. The fourth-order valence-electron chi connectivity index (χ4n) is 13.1. The smallest absolute Gasteiger partial charge is 0.307 e. The highest BCUT2D eigenvalue weighted by molar-refractivity contribution is 5.76. The largest absolute Gasteiger partial charge is 0.462 e. The van der Waals surface area contributed by atoms with Gasteiger partial charge in [-0.25, -0.2) is 0 Å². The first-order chi connectivity index (χ1) is 31.7. The summed E-state index contributed by atoms with van der Waals surface area (Å²) in [5.41, 5.74) is 17.6. The molecule has 1 aromatic heterocycles. The first-order valence-corrected chi connectivity index (χ1v) is 26.0. The fraction of sp³-hybridized carbons (Fsp3) is 0.863. The number of carbonyl (C=O) groups excluding carboxylic acids is 5. The van der Waals surface area contributed by atoms with Gasteiger partial charge in [0.1, 0.15) is 29.8 Å². The van der Waals surface area contributed by atoms with Crippen LogP contribution in [0.15, 0.2) is 6.20 Å². The number of fused-ring (bicyclic) bond motifs is 5. The number of carbonyl (C=O) groups is 5. The van der Waals surface area contributed by atoms with Gasteiger partial charge in [-0.15, -0.1) is 5.10 Å². The van der Waals surface area contributed by atoms with E-state index >= 15 is 0 Å². The molecule has 0 aliphatic heterocycles. The molecular formula is C51H87N7O8. The van der Waals surface area contributed by atoms with Gasteiger partial charge in [0, 0.05) is 56.9 Å². The van der Waals surface area contributed by atoms with Crippen LogP contribution in [0.1, 0.15) is 182 Å². The molecule has 4 fully saturated rings. The van der Waals surface area contributed by atoms with Crippen molar-refractivity contribution in [2.45, 2.75) is 207 Å². The van der Waals surface area contributed by atoms with Crippen LogP contribution in [0.4, 0.5) is 0 Å². The maximum atomic E-state index is 14.3. The Hall–Kier alpha value is -3.43. The Bertz CT molecular complexity index is 1730. The number of nitrogens with two attached hydrogens (primary N) is 3. The zero-order valence-electron chi connectivity index (χ0n) is 41.4. The molecule has 1 aromatic rings. The molecule has 4 saturated carbocycles. The molecule has 66 heavy (non-hydrogen) atoms. The lowest BCUT2D eigenvalue weighted by Gasteiger charge is -2.64. The maximum Gasteiger partial charge on any atom is 0.307 e. The van der Waals surface area contributed by atoms with Crippen LogP contribution < -0.4 is 17.2 Å². The van der Waals surface area contributed by atoms with E-state index in [-0.39, 0.29) is 128 Å². The lowest BCUT2D eigenvalue weighted by Crippen LogP contribution is -2.63. The number of hydrogen-bond acceptors (Lipinski definition) is 13. The highest BCUT2D eigenvalue weighted by atomic mass is 16.6. The number of ether oxygens (including phenoxy) is 3. The molecule has 0 radical (unpaired) electrons. The number of nitrogens with zero attached hydrogens (tertiary/aromatic N) is 4. The van der Waals surface area contributed by atoms with E-state index in [0.29, 0.717) is 51.6 Å². The van der Waals surface area contributed by atoms with E-state index in [1.54, 1.807) is 6.92 Å². The van der Waals surface area contributed by atoms with Crippen molar-refractivity contribution in [1.82, 2.24) is 19.9 Å². The number of esters is 3. The number of Topliss-reactive ketones (excluding diaryl/α,β-unsaturated/α-hetero) is 1. The first-order valence-electron chi connectivity index (χ1n) is 26.0. The second-order valence-corrected chi connectivity index (χ2v) is 21.1. The highest BCUT2D eigenvalue weighted by Crippen LogP contribution is 2.69. The van der Waals surface area contributed by atoms with Gasteiger partial charge in [-0.2, -0.15) is 0 Å². The van der Waals surface area contributed by atoms with Crippen LogP contribution in [0.5, 0.6) is 0 Å². The number of aromatic nitrogens is 3. The average Bonchev–Trinajstić information content (AvgIpc) is 3.88. The molecule has 4 aliphatic rings. The van der Waals surface area contributed by atoms with Crippen LogP contribution in [-0.4, -0.2) is 94.0 Å². The summed E-state index contributed by atoms with van der Waals surface area (Å²) < 4.78 is 20.8. The molecule has 4 aliphatic carbocycles. The molecular weight excluding hydrogens is 839 g/mol. The predicted octanol–water partition coefficient (Wildman–Crippen LogP) is 7.19. The number of hydrogen-bond donors (Lipinski definition) is 3. The summed E-state index contributed by atoms with van der Waals surface area (Å²) in [6.45, 7) is 13.2. The number of ketones is 1. The summed E-state index contributed by atoms with van der Waals surface area (Å²) in [6.07, 6.45) is 18.2. The molecule has 0 aromatic carbocycles. The van der Waals surface area contributed by atoms with E-state index in [0.717, 1.165) is 76.4 Å². The Kier molecular flexibility index (Phi) is 20.9. The van der Waals surface area contributed by atoms with Crippen molar-refractivity contribution in [2.75, 3.05) is 26.2 Å². The lowest BCUT2D eigenvalue weighted by molar-refractivity contribution is -0.225. The Morgan fingerprint density at radius 3 is 2.15 bits per heavy atom. The van der Waals surface area contributed by atoms with Gasteiger partial charge in [0.2, 0.25) is 5.91 Å². The summed E-state index contributed by atoms with van der Waals surface area (Å²) in [5, 5.41) is 8.84. The molecule has 15 nitrogen and oxygen atoms in total. The second-order valence-electron chi connectivity index (χ2n) is 21.1. The molecule has 1 amide bonds. The van der Waals surface area contributed by atoms with Gasteiger partial charge < -0.3 is 41.1 Å². The molecule has 6 N–H and O–H groups in total. The highest BCUT2D eigenvalue weighted by Gasteiger charge is 2.67. The number of amides is 1. The molecule has 5 rings (SSSR count). The average molecular weight is 926 g/mol. The Morgan fingerprint density at radius 2 is 1.45 bits per heavy atom. The third-order valence-corrected chi connectivity index (χ3v) is 16.6. The number of rotatable bonds is 28. The van der Waals surface area contributed by atoms with Gasteiger partial charge in [-0.3, -0.25) is 23.9 Å². The third-order valence-electron chi connectivity index (χ3n) is 16.6. The molecule has 11 atom stereocenters. The summed E-state index contributed by atoms with van der Waals surface area (Å²) in [5.74, 6) is 0.208. The molecule has 0 spiro atoms. The van der Waals surface area contributed by atoms with Gasteiger partial charge in [0.25, 0.3) is 0 Å². The monoisotopic (exact) mass is 926 g/mol. The minimum atomic E-state index is -0.423. The van der Waals surface area contributed by atoms with E-state index < -0.39 is 5.41 Å². The van der Waals surface area contributed by atoms with Gasteiger partial charge in [-0.1, -0.05) is 71.4 Å². The van der Waals surface area contributed by atoms with Crippen molar-refractivity contribution in [3.05, 3.63) is 11.9 Å². The summed E-state index contributed by atoms with van der Waals surface area (Å²) >= 11 is 0. The van der Waals surface area contributed by atoms with Crippen LogP contribution in [0.2, 0.25) is 0 Å². The third kappa shape index (κ3) is 13.9. The number of unbranched alkanes of at least 4 members (excludes halogenated alkanes) is 7. The predicted molar refractivity (Wildman–Crippen MR) is 253 cm³/mol. The van der Waals surface area contributed by atoms with Crippen molar-refractivity contribution in [3.8, 4) is 0 Å². The van der Waals surface area contributed by atoms with E-state index in [9.17, 15) is 24.0 Å².